The van der Waals surface area contributed by atoms with E-state index in [1.165, 1.54) is 19.2 Å². The van der Waals surface area contributed by atoms with Crippen molar-refractivity contribution in [2.45, 2.75) is 13.0 Å². The van der Waals surface area contributed by atoms with Crippen molar-refractivity contribution in [2.75, 3.05) is 19.8 Å². The number of hydrogen-bond donors (Lipinski definition) is 0. The summed E-state index contributed by atoms with van der Waals surface area (Å²) < 4.78 is 12.3. The van der Waals surface area contributed by atoms with Crippen LogP contribution in [0.2, 0.25) is 0 Å². The SMILES string of the molecule is Cc1ccc([C@@H]2COCCN2C(=O)c2ccc(=O)n(C)n2)o1. The summed E-state index contributed by atoms with van der Waals surface area (Å²) in [5.41, 5.74) is -0.0194. The zero-order valence-electron chi connectivity index (χ0n) is 12.5. The molecule has 0 N–H and O–H groups in total. The lowest BCUT2D eigenvalue weighted by Crippen LogP contribution is -2.44. The molecular weight excluding hydrogens is 286 g/mol. The van der Waals surface area contributed by atoms with Crippen molar-refractivity contribution in [3.05, 3.63) is 51.8 Å². The van der Waals surface area contributed by atoms with Gasteiger partial charge in [-0.05, 0) is 25.1 Å². The highest BCUT2D eigenvalue weighted by molar-refractivity contribution is 5.92. The van der Waals surface area contributed by atoms with Crippen molar-refractivity contribution in [3.63, 3.8) is 0 Å². The summed E-state index contributed by atoms with van der Waals surface area (Å²) in [6.45, 7) is 3.15. The first kappa shape index (κ1) is 14.5. The van der Waals surface area contributed by atoms with Crippen molar-refractivity contribution >= 4 is 5.91 Å². The number of morpholine rings is 1. The van der Waals surface area contributed by atoms with Crippen LogP contribution >= 0.6 is 0 Å². The summed E-state index contributed by atoms with van der Waals surface area (Å²) >= 11 is 0. The predicted octanol–water partition coefficient (Wildman–Crippen LogP) is 0.895. The summed E-state index contributed by atoms with van der Waals surface area (Å²) in [5, 5.41) is 4.02. The highest BCUT2D eigenvalue weighted by Gasteiger charge is 2.32. The third-order valence-electron chi connectivity index (χ3n) is 3.66. The minimum atomic E-state index is -0.283. The van der Waals surface area contributed by atoms with Crippen LogP contribution in [0.25, 0.3) is 0 Å². The van der Waals surface area contributed by atoms with E-state index in [2.05, 4.69) is 5.10 Å². The Morgan fingerprint density at radius 3 is 2.82 bits per heavy atom. The van der Waals surface area contributed by atoms with E-state index in [0.29, 0.717) is 25.5 Å². The Hall–Kier alpha value is -2.41. The van der Waals surface area contributed by atoms with E-state index in [9.17, 15) is 9.59 Å². The van der Waals surface area contributed by atoms with Crippen LogP contribution in [-0.2, 0) is 11.8 Å². The summed E-state index contributed by atoms with van der Waals surface area (Å²) in [5.74, 6) is 1.24. The maximum atomic E-state index is 12.7. The molecule has 0 spiro atoms. The largest absolute Gasteiger partial charge is 0.464 e. The molecule has 1 aliphatic rings. The molecule has 1 saturated heterocycles. The molecule has 7 nitrogen and oxygen atoms in total. The second kappa shape index (κ2) is 5.76. The van der Waals surface area contributed by atoms with Gasteiger partial charge in [-0.15, -0.1) is 0 Å². The van der Waals surface area contributed by atoms with Crippen LogP contribution in [0.15, 0.2) is 33.5 Å². The molecule has 1 atom stereocenters. The number of carbonyl (C=O) groups is 1. The van der Waals surface area contributed by atoms with Crippen LogP contribution in [-0.4, -0.2) is 40.3 Å². The molecule has 7 heteroatoms. The van der Waals surface area contributed by atoms with Gasteiger partial charge >= 0.3 is 0 Å². The van der Waals surface area contributed by atoms with E-state index in [4.69, 9.17) is 9.15 Å². The normalized spacial score (nSPS) is 18.5. The van der Waals surface area contributed by atoms with Crippen LogP contribution in [0.5, 0.6) is 0 Å². The Morgan fingerprint density at radius 2 is 2.14 bits per heavy atom. The molecule has 0 bridgehead atoms. The molecule has 3 rings (SSSR count). The van der Waals surface area contributed by atoms with Gasteiger partial charge in [0.25, 0.3) is 11.5 Å². The van der Waals surface area contributed by atoms with Crippen molar-refractivity contribution in [1.82, 2.24) is 14.7 Å². The van der Waals surface area contributed by atoms with Gasteiger partial charge in [0.05, 0.1) is 13.2 Å². The Kier molecular flexibility index (Phi) is 3.81. The highest BCUT2D eigenvalue weighted by Crippen LogP contribution is 2.26. The number of rotatable bonds is 2. The molecule has 2 aromatic rings. The number of furan rings is 1. The molecule has 0 radical (unpaired) electrons. The minimum absolute atomic E-state index is 0.234. The quantitative estimate of drug-likeness (QED) is 0.823. The number of ether oxygens (including phenoxy) is 1. The lowest BCUT2D eigenvalue weighted by Gasteiger charge is -2.34. The minimum Gasteiger partial charge on any atom is -0.464 e. The monoisotopic (exact) mass is 303 g/mol. The number of amides is 1. The van der Waals surface area contributed by atoms with Crippen molar-refractivity contribution in [1.29, 1.82) is 0 Å². The summed E-state index contributed by atoms with van der Waals surface area (Å²) in [4.78, 5) is 25.8. The van der Waals surface area contributed by atoms with Crippen molar-refractivity contribution in [2.24, 2.45) is 7.05 Å². The molecule has 1 fully saturated rings. The fourth-order valence-corrected chi connectivity index (χ4v) is 2.48. The number of aryl methyl sites for hydroxylation is 2. The number of nitrogens with zero attached hydrogens (tertiary/aromatic N) is 3. The maximum absolute atomic E-state index is 12.7. The second-order valence-corrected chi connectivity index (χ2v) is 5.22. The van der Waals surface area contributed by atoms with E-state index in [0.717, 1.165) is 10.4 Å². The van der Waals surface area contributed by atoms with Gasteiger partial charge in [-0.1, -0.05) is 0 Å². The molecule has 1 aliphatic heterocycles. The van der Waals surface area contributed by atoms with E-state index < -0.39 is 0 Å². The lowest BCUT2D eigenvalue weighted by molar-refractivity contribution is -0.00935. The van der Waals surface area contributed by atoms with E-state index in [1.54, 1.807) is 4.90 Å². The van der Waals surface area contributed by atoms with Gasteiger partial charge in [0.2, 0.25) is 0 Å². The first-order chi connectivity index (χ1) is 10.6. The van der Waals surface area contributed by atoms with E-state index in [-0.39, 0.29) is 23.2 Å². The standard InChI is InChI=1S/C15H17N3O4/c1-10-3-5-13(22-10)12-9-21-8-7-18(12)15(20)11-4-6-14(19)17(2)16-11/h3-6,12H,7-9H2,1-2H3/t12-/m0/s1. The van der Waals surface area contributed by atoms with E-state index in [1.807, 2.05) is 19.1 Å². The molecular formula is C15H17N3O4. The van der Waals surface area contributed by atoms with Gasteiger partial charge in [-0.25, -0.2) is 4.68 Å². The third-order valence-corrected chi connectivity index (χ3v) is 3.66. The zero-order chi connectivity index (χ0) is 15.7. The summed E-state index contributed by atoms with van der Waals surface area (Å²) in [7, 11) is 1.52. The van der Waals surface area contributed by atoms with Gasteiger partial charge in [0, 0.05) is 19.7 Å². The van der Waals surface area contributed by atoms with Crippen LogP contribution < -0.4 is 5.56 Å². The lowest BCUT2D eigenvalue weighted by atomic mass is 10.1. The molecule has 1 amide bonds. The van der Waals surface area contributed by atoms with Gasteiger partial charge in [0.15, 0.2) is 0 Å². The second-order valence-electron chi connectivity index (χ2n) is 5.22. The first-order valence-electron chi connectivity index (χ1n) is 7.05. The van der Waals surface area contributed by atoms with Crippen LogP contribution in [0, 0.1) is 6.92 Å². The number of hydrogen-bond acceptors (Lipinski definition) is 5. The molecule has 116 valence electrons. The van der Waals surface area contributed by atoms with Gasteiger partial charge < -0.3 is 14.1 Å². The van der Waals surface area contributed by atoms with Crippen LogP contribution in [0.3, 0.4) is 0 Å². The van der Waals surface area contributed by atoms with Crippen LogP contribution in [0.4, 0.5) is 0 Å². The summed E-state index contributed by atoms with van der Waals surface area (Å²) in [6.07, 6.45) is 0. The topological polar surface area (TPSA) is 77.6 Å². The Balaban J connectivity index is 1.91. The predicted molar refractivity (Wildman–Crippen MR) is 77.5 cm³/mol. The molecule has 0 saturated carbocycles. The zero-order valence-corrected chi connectivity index (χ0v) is 12.5. The molecule has 0 unspecified atom stereocenters. The average Bonchev–Trinajstić information content (AvgIpc) is 2.96. The third kappa shape index (κ3) is 2.67. The van der Waals surface area contributed by atoms with Gasteiger partial charge in [-0.2, -0.15) is 5.10 Å². The number of carbonyl (C=O) groups excluding carboxylic acids is 1. The Bertz CT molecular complexity index is 749. The Labute approximate surface area is 127 Å². The van der Waals surface area contributed by atoms with Gasteiger partial charge in [0.1, 0.15) is 23.3 Å². The fraction of sp³-hybridized carbons (Fsp3) is 0.400. The van der Waals surface area contributed by atoms with Crippen molar-refractivity contribution < 1.29 is 13.9 Å². The van der Waals surface area contributed by atoms with Crippen LogP contribution in [0.1, 0.15) is 28.1 Å². The van der Waals surface area contributed by atoms with Crippen molar-refractivity contribution in [3.8, 4) is 0 Å². The molecule has 2 aromatic heterocycles. The average molecular weight is 303 g/mol. The van der Waals surface area contributed by atoms with E-state index >= 15 is 0 Å². The smallest absolute Gasteiger partial charge is 0.275 e. The molecule has 3 heterocycles. The molecule has 22 heavy (non-hydrogen) atoms. The molecule has 0 aromatic carbocycles. The highest BCUT2D eigenvalue weighted by atomic mass is 16.5. The first-order valence-corrected chi connectivity index (χ1v) is 7.05. The van der Waals surface area contributed by atoms with Gasteiger partial charge in [-0.3, -0.25) is 9.59 Å². The Morgan fingerprint density at radius 1 is 1.32 bits per heavy atom. The fourth-order valence-electron chi connectivity index (χ4n) is 2.48. The number of aromatic nitrogens is 2. The molecule has 0 aliphatic carbocycles. The summed E-state index contributed by atoms with van der Waals surface area (Å²) in [6, 6.07) is 6.21. The maximum Gasteiger partial charge on any atom is 0.275 e.